The molecule has 0 aliphatic rings. The fourth-order valence-corrected chi connectivity index (χ4v) is 2.56. The van der Waals surface area contributed by atoms with Crippen LogP contribution in [0.5, 0.6) is 0 Å². The molecule has 0 fully saturated rings. The maximum absolute atomic E-state index is 11.4. The van der Waals surface area contributed by atoms with Crippen LogP contribution in [-0.2, 0) is 13.1 Å². The first-order valence-electron chi connectivity index (χ1n) is 6.22. The van der Waals surface area contributed by atoms with Crippen LogP contribution in [0.2, 0.25) is 0 Å². The maximum Gasteiger partial charge on any atom is 0.251 e. The molecule has 0 aliphatic carbocycles. The third-order valence-corrected chi connectivity index (χ3v) is 3.79. The summed E-state index contributed by atoms with van der Waals surface area (Å²) in [4.78, 5) is 12.5. The number of carbonyl (C=O) groups is 1. The molecular weight excluding hydrogens is 270 g/mol. The van der Waals surface area contributed by atoms with E-state index in [1.807, 2.05) is 35.7 Å². The second-order valence-electron chi connectivity index (χ2n) is 4.29. The van der Waals surface area contributed by atoms with Gasteiger partial charge in [-0.2, -0.15) is 5.26 Å². The van der Waals surface area contributed by atoms with Crippen LogP contribution in [0.1, 0.15) is 26.4 Å². The zero-order valence-corrected chi connectivity index (χ0v) is 12.0. The third-order valence-electron chi connectivity index (χ3n) is 2.85. The summed E-state index contributed by atoms with van der Waals surface area (Å²) in [6.45, 7) is 1.47. The average Bonchev–Trinajstić information content (AvgIpc) is 2.95. The fraction of sp³-hybridized carbons (Fsp3) is 0.200. The largest absolute Gasteiger partial charge is 0.355 e. The van der Waals surface area contributed by atoms with Gasteiger partial charge in [0.25, 0.3) is 5.91 Å². The van der Waals surface area contributed by atoms with Crippen LogP contribution in [0.4, 0.5) is 0 Å². The molecule has 0 saturated heterocycles. The van der Waals surface area contributed by atoms with Crippen LogP contribution < -0.4 is 10.6 Å². The quantitative estimate of drug-likeness (QED) is 0.885. The summed E-state index contributed by atoms with van der Waals surface area (Å²) in [5.41, 5.74) is 2.49. The topological polar surface area (TPSA) is 64.9 Å². The van der Waals surface area contributed by atoms with E-state index < -0.39 is 0 Å². The number of hydrogen-bond donors (Lipinski definition) is 2. The molecule has 2 aromatic rings. The van der Waals surface area contributed by atoms with Crippen LogP contribution in [0.3, 0.4) is 0 Å². The molecule has 0 aliphatic heterocycles. The molecule has 1 heterocycles. The molecule has 0 bridgehead atoms. The molecule has 0 saturated carbocycles. The Labute approximate surface area is 122 Å². The van der Waals surface area contributed by atoms with Crippen molar-refractivity contribution in [1.82, 2.24) is 10.6 Å². The van der Waals surface area contributed by atoms with Crippen molar-refractivity contribution in [2.75, 3.05) is 7.05 Å². The summed E-state index contributed by atoms with van der Waals surface area (Å²) >= 11 is 1.58. The van der Waals surface area contributed by atoms with E-state index in [1.54, 1.807) is 18.4 Å². The number of nitriles is 1. The average molecular weight is 285 g/mol. The lowest BCUT2D eigenvalue weighted by Crippen LogP contribution is -2.18. The van der Waals surface area contributed by atoms with Gasteiger partial charge in [-0.3, -0.25) is 4.79 Å². The van der Waals surface area contributed by atoms with Gasteiger partial charge in [-0.05, 0) is 23.8 Å². The smallest absolute Gasteiger partial charge is 0.251 e. The molecule has 0 radical (unpaired) electrons. The minimum atomic E-state index is -0.0767. The van der Waals surface area contributed by atoms with Crippen LogP contribution in [0.25, 0.3) is 0 Å². The van der Waals surface area contributed by atoms with Crippen molar-refractivity contribution >= 4 is 17.2 Å². The Kier molecular flexibility index (Phi) is 4.88. The lowest BCUT2D eigenvalue weighted by molar-refractivity contribution is 0.0963. The summed E-state index contributed by atoms with van der Waals surface area (Å²) in [7, 11) is 1.62. The number of nitrogens with zero attached hydrogens (tertiary/aromatic N) is 1. The highest BCUT2D eigenvalue weighted by atomic mass is 32.1. The molecule has 4 nitrogen and oxygen atoms in total. The summed E-state index contributed by atoms with van der Waals surface area (Å²) in [6, 6.07) is 11.5. The van der Waals surface area contributed by atoms with Crippen LogP contribution in [-0.4, -0.2) is 13.0 Å². The number of amides is 1. The Morgan fingerprint density at radius 3 is 2.65 bits per heavy atom. The van der Waals surface area contributed by atoms with E-state index in [0.29, 0.717) is 11.1 Å². The van der Waals surface area contributed by atoms with E-state index >= 15 is 0 Å². The monoisotopic (exact) mass is 285 g/mol. The van der Waals surface area contributed by atoms with Gasteiger partial charge in [0.15, 0.2) is 0 Å². The van der Waals surface area contributed by atoms with Crippen molar-refractivity contribution in [2.24, 2.45) is 0 Å². The van der Waals surface area contributed by atoms with E-state index in [2.05, 4.69) is 16.7 Å². The molecule has 1 aromatic heterocycles. The van der Waals surface area contributed by atoms with E-state index in [4.69, 9.17) is 5.26 Å². The first-order valence-corrected chi connectivity index (χ1v) is 7.10. The van der Waals surface area contributed by atoms with Crippen LogP contribution in [0.15, 0.2) is 35.7 Å². The molecular formula is C15H15N3OS. The van der Waals surface area contributed by atoms with Gasteiger partial charge in [0.1, 0.15) is 6.07 Å². The highest BCUT2D eigenvalue weighted by Crippen LogP contribution is 2.13. The van der Waals surface area contributed by atoms with Crippen LogP contribution in [0, 0.1) is 11.3 Å². The molecule has 0 atom stereocenters. The maximum atomic E-state index is 11.4. The Balaban J connectivity index is 1.85. The lowest BCUT2D eigenvalue weighted by Gasteiger charge is -2.05. The van der Waals surface area contributed by atoms with Crippen molar-refractivity contribution < 1.29 is 4.79 Å². The molecule has 2 N–H and O–H groups in total. The summed E-state index contributed by atoms with van der Waals surface area (Å²) in [5, 5.41) is 16.5. The summed E-state index contributed by atoms with van der Waals surface area (Å²) < 4.78 is 0. The number of nitrogens with one attached hydrogen (secondary N) is 2. The standard InChI is InChI=1S/C15H15N3OS/c1-17-15(19)13-4-2-11(3-5-13)8-18-9-14-6-12(7-16)10-20-14/h2-6,10,18H,8-9H2,1H3,(H,17,19). The first-order chi connectivity index (χ1) is 9.72. The van der Waals surface area contributed by atoms with E-state index in [0.717, 1.165) is 23.5 Å². The summed E-state index contributed by atoms with van der Waals surface area (Å²) in [5.74, 6) is -0.0767. The lowest BCUT2D eigenvalue weighted by atomic mass is 10.1. The van der Waals surface area contributed by atoms with Crippen LogP contribution >= 0.6 is 11.3 Å². The number of thiophene rings is 1. The van der Waals surface area contributed by atoms with E-state index in [9.17, 15) is 4.79 Å². The van der Waals surface area contributed by atoms with Gasteiger partial charge < -0.3 is 10.6 Å². The van der Waals surface area contributed by atoms with E-state index in [1.165, 1.54) is 0 Å². The van der Waals surface area contributed by atoms with Crippen molar-refractivity contribution in [2.45, 2.75) is 13.1 Å². The number of hydrogen-bond acceptors (Lipinski definition) is 4. The number of benzene rings is 1. The minimum absolute atomic E-state index is 0.0767. The van der Waals surface area contributed by atoms with Gasteiger partial charge in [-0.15, -0.1) is 11.3 Å². The Morgan fingerprint density at radius 2 is 2.05 bits per heavy atom. The second kappa shape index (κ2) is 6.85. The first kappa shape index (κ1) is 14.3. The third kappa shape index (κ3) is 3.67. The predicted octanol–water partition coefficient (Wildman–Crippen LogP) is 2.27. The molecule has 2 rings (SSSR count). The Morgan fingerprint density at radius 1 is 1.30 bits per heavy atom. The molecule has 20 heavy (non-hydrogen) atoms. The van der Waals surface area contributed by atoms with Gasteiger partial charge in [0, 0.05) is 36.0 Å². The van der Waals surface area contributed by atoms with Crippen molar-refractivity contribution in [3.05, 3.63) is 57.3 Å². The van der Waals surface area contributed by atoms with Gasteiger partial charge in [0.2, 0.25) is 0 Å². The van der Waals surface area contributed by atoms with Crippen molar-refractivity contribution in [3.8, 4) is 6.07 Å². The molecule has 102 valence electrons. The normalized spacial score (nSPS) is 10.0. The predicted molar refractivity (Wildman–Crippen MR) is 79.4 cm³/mol. The number of carbonyl (C=O) groups excluding carboxylic acids is 1. The zero-order chi connectivity index (χ0) is 14.4. The minimum Gasteiger partial charge on any atom is -0.355 e. The van der Waals surface area contributed by atoms with Gasteiger partial charge in [0.05, 0.1) is 5.56 Å². The molecule has 0 unspecified atom stereocenters. The molecule has 1 aromatic carbocycles. The van der Waals surface area contributed by atoms with Gasteiger partial charge in [-0.25, -0.2) is 0 Å². The molecule has 5 heteroatoms. The SMILES string of the molecule is CNC(=O)c1ccc(CNCc2cc(C#N)cs2)cc1. The highest BCUT2D eigenvalue weighted by Gasteiger charge is 2.02. The van der Waals surface area contributed by atoms with Gasteiger partial charge >= 0.3 is 0 Å². The summed E-state index contributed by atoms with van der Waals surface area (Å²) in [6.07, 6.45) is 0. The van der Waals surface area contributed by atoms with Crippen molar-refractivity contribution in [3.63, 3.8) is 0 Å². The molecule has 1 amide bonds. The molecule has 0 spiro atoms. The highest BCUT2D eigenvalue weighted by molar-refractivity contribution is 7.10. The number of rotatable bonds is 5. The van der Waals surface area contributed by atoms with Crippen molar-refractivity contribution in [1.29, 1.82) is 5.26 Å². The Hall–Kier alpha value is -2.16. The fourth-order valence-electron chi connectivity index (χ4n) is 1.78. The zero-order valence-electron chi connectivity index (χ0n) is 11.1. The van der Waals surface area contributed by atoms with Gasteiger partial charge in [-0.1, -0.05) is 12.1 Å². The Bertz CT molecular complexity index is 625. The van der Waals surface area contributed by atoms with E-state index in [-0.39, 0.29) is 5.91 Å². The second-order valence-corrected chi connectivity index (χ2v) is 5.29.